The van der Waals surface area contributed by atoms with Crippen molar-refractivity contribution in [3.8, 4) is 0 Å². The molecule has 0 spiro atoms. The number of carbonyl (C=O) groups excluding carboxylic acids is 1. The lowest BCUT2D eigenvalue weighted by molar-refractivity contribution is -0.124. The third-order valence-corrected chi connectivity index (χ3v) is 3.67. The average Bonchev–Trinajstić information content (AvgIpc) is 2.46. The van der Waals surface area contributed by atoms with Gasteiger partial charge in [0.1, 0.15) is 5.54 Å². The molecule has 0 aliphatic carbocycles. The first-order valence-corrected chi connectivity index (χ1v) is 6.69. The minimum absolute atomic E-state index is 0.372. The number of hydrogen-bond acceptors (Lipinski definition) is 2. The van der Waals surface area contributed by atoms with Gasteiger partial charge in [-0.15, -0.1) is 0 Å². The Morgan fingerprint density at radius 3 is 2.30 bits per heavy atom. The van der Waals surface area contributed by atoms with Crippen LogP contribution in [0.4, 0.5) is 0 Å². The molecule has 1 amide bonds. The summed E-state index contributed by atoms with van der Waals surface area (Å²) in [4.78, 5) is 12.0. The monoisotopic (exact) mass is 268 g/mol. The maximum atomic E-state index is 12.0. The number of nitrogens with one attached hydrogen (secondary N) is 1. The Morgan fingerprint density at radius 2 is 1.70 bits per heavy atom. The lowest BCUT2D eigenvalue weighted by Crippen LogP contribution is -2.50. The minimum Gasteiger partial charge on any atom is -0.368 e. The van der Waals surface area contributed by atoms with Gasteiger partial charge in [0, 0.05) is 6.54 Å². The molecule has 3 nitrogen and oxygen atoms in total. The number of hydrogen-bond donors (Lipinski definition) is 2. The molecular formula is C17H20N2O. The van der Waals surface area contributed by atoms with E-state index < -0.39 is 5.54 Å². The van der Waals surface area contributed by atoms with E-state index in [9.17, 15) is 4.79 Å². The number of carbonyl (C=O) groups is 1. The van der Waals surface area contributed by atoms with Crippen molar-refractivity contribution in [3.05, 3.63) is 71.3 Å². The van der Waals surface area contributed by atoms with Crippen LogP contribution >= 0.6 is 0 Å². The van der Waals surface area contributed by atoms with Gasteiger partial charge in [0.2, 0.25) is 5.91 Å². The van der Waals surface area contributed by atoms with Crippen LogP contribution < -0.4 is 11.1 Å². The molecule has 3 heteroatoms. The standard InChI is InChI=1S/C17H20N2O/c1-13-8-6-7-11-15(13)17(2,16(18)20)19-12-14-9-4-3-5-10-14/h3-11,19H,12H2,1-2H3,(H2,18,20). The Hall–Kier alpha value is -2.13. The first-order chi connectivity index (χ1) is 9.54. The van der Waals surface area contributed by atoms with Gasteiger partial charge in [-0.25, -0.2) is 0 Å². The number of nitrogens with two attached hydrogens (primary N) is 1. The minimum atomic E-state index is -0.874. The van der Waals surface area contributed by atoms with Gasteiger partial charge >= 0.3 is 0 Å². The molecule has 0 aromatic heterocycles. The van der Waals surface area contributed by atoms with Gasteiger partial charge in [0.25, 0.3) is 0 Å². The van der Waals surface area contributed by atoms with Crippen molar-refractivity contribution in [1.29, 1.82) is 0 Å². The second-order valence-electron chi connectivity index (χ2n) is 5.14. The van der Waals surface area contributed by atoms with Crippen LogP contribution in [0, 0.1) is 6.92 Å². The van der Waals surface area contributed by atoms with Gasteiger partial charge in [-0.1, -0.05) is 54.6 Å². The second kappa shape index (κ2) is 5.88. The summed E-state index contributed by atoms with van der Waals surface area (Å²) in [5.74, 6) is -0.372. The van der Waals surface area contributed by atoms with Gasteiger partial charge in [-0.05, 0) is 30.5 Å². The van der Waals surface area contributed by atoms with Crippen LogP contribution in [0.1, 0.15) is 23.6 Å². The van der Waals surface area contributed by atoms with E-state index in [2.05, 4.69) is 5.32 Å². The van der Waals surface area contributed by atoms with Crippen molar-refractivity contribution in [2.45, 2.75) is 25.9 Å². The first-order valence-electron chi connectivity index (χ1n) is 6.69. The van der Waals surface area contributed by atoms with Gasteiger partial charge < -0.3 is 5.73 Å². The van der Waals surface area contributed by atoms with E-state index >= 15 is 0 Å². The second-order valence-corrected chi connectivity index (χ2v) is 5.14. The lowest BCUT2D eigenvalue weighted by atomic mass is 9.87. The van der Waals surface area contributed by atoms with Crippen LogP contribution in [0.5, 0.6) is 0 Å². The predicted octanol–water partition coefficient (Wildman–Crippen LogP) is 2.49. The van der Waals surface area contributed by atoms with Crippen molar-refractivity contribution in [3.63, 3.8) is 0 Å². The maximum Gasteiger partial charge on any atom is 0.242 e. The molecule has 1 atom stereocenters. The highest BCUT2D eigenvalue weighted by Crippen LogP contribution is 2.24. The number of benzene rings is 2. The lowest BCUT2D eigenvalue weighted by Gasteiger charge is -2.29. The molecule has 0 radical (unpaired) electrons. The molecule has 0 heterocycles. The Balaban J connectivity index is 2.27. The Kier molecular flexibility index (Phi) is 4.20. The van der Waals surface area contributed by atoms with Crippen LogP contribution in [0.3, 0.4) is 0 Å². The van der Waals surface area contributed by atoms with E-state index in [1.54, 1.807) is 0 Å². The molecule has 0 bridgehead atoms. The van der Waals surface area contributed by atoms with E-state index in [0.29, 0.717) is 6.54 Å². The highest BCUT2D eigenvalue weighted by Gasteiger charge is 2.33. The smallest absolute Gasteiger partial charge is 0.242 e. The fraction of sp³-hybridized carbons (Fsp3) is 0.235. The fourth-order valence-electron chi connectivity index (χ4n) is 2.32. The molecule has 0 fully saturated rings. The highest BCUT2D eigenvalue weighted by molar-refractivity contribution is 5.86. The molecule has 2 rings (SSSR count). The van der Waals surface area contributed by atoms with Crippen LogP contribution in [-0.2, 0) is 16.9 Å². The number of amides is 1. The molecule has 3 N–H and O–H groups in total. The third-order valence-electron chi connectivity index (χ3n) is 3.67. The molecule has 104 valence electrons. The van der Waals surface area contributed by atoms with Gasteiger partial charge in [0.05, 0.1) is 0 Å². The first kappa shape index (κ1) is 14.3. The molecule has 0 saturated heterocycles. The SMILES string of the molecule is Cc1ccccc1C(C)(NCc1ccccc1)C(N)=O. The number of aryl methyl sites for hydroxylation is 1. The zero-order valence-electron chi connectivity index (χ0n) is 11.9. The van der Waals surface area contributed by atoms with Gasteiger partial charge in [0.15, 0.2) is 0 Å². The van der Waals surface area contributed by atoms with E-state index in [0.717, 1.165) is 16.7 Å². The largest absolute Gasteiger partial charge is 0.368 e. The zero-order chi connectivity index (χ0) is 14.6. The van der Waals surface area contributed by atoms with Crippen LogP contribution in [-0.4, -0.2) is 5.91 Å². The summed E-state index contributed by atoms with van der Waals surface area (Å²) in [6, 6.07) is 17.8. The third kappa shape index (κ3) is 2.89. The Labute approximate surface area is 119 Å². The Bertz CT molecular complexity index is 595. The summed E-state index contributed by atoms with van der Waals surface area (Å²) < 4.78 is 0. The number of primary amides is 1. The van der Waals surface area contributed by atoms with E-state index in [4.69, 9.17) is 5.73 Å². The molecule has 0 saturated carbocycles. The fourth-order valence-corrected chi connectivity index (χ4v) is 2.32. The van der Waals surface area contributed by atoms with Gasteiger partial charge in [-0.3, -0.25) is 10.1 Å². The quantitative estimate of drug-likeness (QED) is 0.875. The topological polar surface area (TPSA) is 55.1 Å². The van der Waals surface area contributed by atoms with Crippen LogP contribution in [0.25, 0.3) is 0 Å². The molecule has 0 aliphatic heterocycles. The predicted molar refractivity (Wildman–Crippen MR) is 81.0 cm³/mol. The molecular weight excluding hydrogens is 248 g/mol. The van der Waals surface area contributed by atoms with Crippen molar-refractivity contribution < 1.29 is 4.79 Å². The summed E-state index contributed by atoms with van der Waals surface area (Å²) in [6.45, 7) is 4.41. The molecule has 0 aliphatic rings. The summed E-state index contributed by atoms with van der Waals surface area (Å²) in [5.41, 5.74) is 7.85. The van der Waals surface area contributed by atoms with E-state index in [1.165, 1.54) is 0 Å². The summed E-state index contributed by atoms with van der Waals surface area (Å²) in [6.07, 6.45) is 0. The van der Waals surface area contributed by atoms with Crippen molar-refractivity contribution in [2.75, 3.05) is 0 Å². The van der Waals surface area contributed by atoms with E-state index in [-0.39, 0.29) is 5.91 Å². The normalized spacial score (nSPS) is 13.7. The average molecular weight is 268 g/mol. The van der Waals surface area contributed by atoms with Crippen LogP contribution in [0.2, 0.25) is 0 Å². The van der Waals surface area contributed by atoms with Crippen molar-refractivity contribution in [1.82, 2.24) is 5.32 Å². The molecule has 2 aromatic rings. The molecule has 1 unspecified atom stereocenters. The molecule has 20 heavy (non-hydrogen) atoms. The maximum absolute atomic E-state index is 12.0. The summed E-state index contributed by atoms with van der Waals surface area (Å²) in [5, 5.41) is 3.29. The zero-order valence-corrected chi connectivity index (χ0v) is 11.9. The van der Waals surface area contributed by atoms with E-state index in [1.807, 2.05) is 68.4 Å². The van der Waals surface area contributed by atoms with Crippen molar-refractivity contribution >= 4 is 5.91 Å². The Morgan fingerprint density at radius 1 is 1.10 bits per heavy atom. The number of rotatable bonds is 5. The molecule has 2 aromatic carbocycles. The highest BCUT2D eigenvalue weighted by atomic mass is 16.1. The summed E-state index contributed by atoms with van der Waals surface area (Å²) >= 11 is 0. The van der Waals surface area contributed by atoms with Gasteiger partial charge in [-0.2, -0.15) is 0 Å². The van der Waals surface area contributed by atoms with Crippen molar-refractivity contribution in [2.24, 2.45) is 5.73 Å². The van der Waals surface area contributed by atoms with Crippen LogP contribution in [0.15, 0.2) is 54.6 Å². The summed E-state index contributed by atoms with van der Waals surface area (Å²) in [7, 11) is 0.